The number of carboxylic acids is 1. The highest BCUT2D eigenvalue weighted by Crippen LogP contribution is 2.31. The number of carbonyl (C=O) groups is 1. The van der Waals surface area contributed by atoms with Gasteiger partial charge in [-0.05, 0) is 24.1 Å². The molecule has 0 spiro atoms. The van der Waals surface area contributed by atoms with Gasteiger partial charge >= 0.3 is 5.97 Å². The maximum atomic E-state index is 13.7. The molecule has 19 heavy (non-hydrogen) atoms. The summed E-state index contributed by atoms with van der Waals surface area (Å²) in [4.78, 5) is 10.8. The van der Waals surface area contributed by atoms with Crippen molar-refractivity contribution in [1.29, 1.82) is 0 Å². The SMILES string of the molecule is CCc1cc(-c2cc(C(=O)O)[nH]n2)c(OC)cc1F. The maximum Gasteiger partial charge on any atom is 0.353 e. The van der Waals surface area contributed by atoms with Gasteiger partial charge in [0.2, 0.25) is 0 Å². The first-order valence-electron chi connectivity index (χ1n) is 5.72. The molecule has 0 aliphatic carbocycles. The van der Waals surface area contributed by atoms with Crippen LogP contribution in [-0.4, -0.2) is 28.4 Å². The van der Waals surface area contributed by atoms with Crippen LogP contribution in [0.3, 0.4) is 0 Å². The highest BCUT2D eigenvalue weighted by atomic mass is 19.1. The van der Waals surface area contributed by atoms with Crippen LogP contribution in [0.2, 0.25) is 0 Å². The van der Waals surface area contributed by atoms with E-state index in [9.17, 15) is 9.18 Å². The Labute approximate surface area is 109 Å². The Bertz CT molecular complexity index is 622. The molecule has 100 valence electrons. The van der Waals surface area contributed by atoms with Crippen molar-refractivity contribution in [2.45, 2.75) is 13.3 Å². The number of aryl methyl sites for hydroxylation is 1. The second kappa shape index (κ2) is 5.09. The predicted octanol–water partition coefficient (Wildman–Crippen LogP) is 2.49. The van der Waals surface area contributed by atoms with Gasteiger partial charge in [0, 0.05) is 11.6 Å². The second-order valence-electron chi connectivity index (χ2n) is 3.97. The van der Waals surface area contributed by atoms with Crippen molar-refractivity contribution < 1.29 is 19.0 Å². The quantitative estimate of drug-likeness (QED) is 0.889. The smallest absolute Gasteiger partial charge is 0.353 e. The van der Waals surface area contributed by atoms with Crippen LogP contribution in [0.1, 0.15) is 23.0 Å². The molecule has 0 aliphatic rings. The Balaban J connectivity index is 2.55. The molecule has 0 amide bonds. The van der Waals surface area contributed by atoms with Crippen molar-refractivity contribution in [3.63, 3.8) is 0 Å². The summed E-state index contributed by atoms with van der Waals surface area (Å²) in [6, 6.07) is 4.29. The molecule has 0 atom stereocenters. The van der Waals surface area contributed by atoms with E-state index in [1.54, 1.807) is 6.07 Å². The van der Waals surface area contributed by atoms with Crippen LogP contribution >= 0.6 is 0 Å². The summed E-state index contributed by atoms with van der Waals surface area (Å²) >= 11 is 0. The van der Waals surface area contributed by atoms with Gasteiger partial charge in [-0.25, -0.2) is 9.18 Å². The summed E-state index contributed by atoms with van der Waals surface area (Å²) < 4.78 is 18.8. The molecule has 0 bridgehead atoms. The summed E-state index contributed by atoms with van der Waals surface area (Å²) in [5.41, 5.74) is 1.46. The van der Waals surface area contributed by atoms with Crippen LogP contribution in [0.25, 0.3) is 11.3 Å². The number of H-pyrrole nitrogens is 1. The van der Waals surface area contributed by atoms with Crippen LogP contribution in [0.5, 0.6) is 5.75 Å². The summed E-state index contributed by atoms with van der Waals surface area (Å²) in [7, 11) is 1.43. The van der Waals surface area contributed by atoms with Crippen LogP contribution < -0.4 is 4.74 Å². The zero-order valence-electron chi connectivity index (χ0n) is 10.5. The molecular formula is C13H13FN2O3. The molecule has 0 unspecified atom stereocenters. The van der Waals surface area contributed by atoms with Crippen molar-refractivity contribution in [2.24, 2.45) is 0 Å². The molecule has 2 aromatic rings. The Morgan fingerprint density at radius 2 is 2.21 bits per heavy atom. The third kappa shape index (κ3) is 2.42. The van der Waals surface area contributed by atoms with Crippen LogP contribution in [0, 0.1) is 5.82 Å². The fraction of sp³-hybridized carbons (Fsp3) is 0.231. The first-order valence-corrected chi connectivity index (χ1v) is 5.72. The van der Waals surface area contributed by atoms with Crippen molar-refractivity contribution in [3.05, 3.63) is 35.3 Å². The lowest BCUT2D eigenvalue weighted by atomic mass is 10.0. The monoisotopic (exact) mass is 264 g/mol. The summed E-state index contributed by atoms with van der Waals surface area (Å²) in [6.45, 7) is 1.84. The zero-order chi connectivity index (χ0) is 14.0. The van der Waals surface area contributed by atoms with Gasteiger partial charge < -0.3 is 9.84 Å². The topological polar surface area (TPSA) is 75.2 Å². The van der Waals surface area contributed by atoms with Crippen LogP contribution in [-0.2, 0) is 6.42 Å². The molecule has 0 fully saturated rings. The molecule has 0 saturated heterocycles. The lowest BCUT2D eigenvalue weighted by molar-refractivity contribution is 0.0690. The molecule has 1 aromatic carbocycles. The Hall–Kier alpha value is -2.37. The number of hydrogen-bond acceptors (Lipinski definition) is 3. The summed E-state index contributed by atoms with van der Waals surface area (Å²) in [6.07, 6.45) is 0.527. The second-order valence-corrected chi connectivity index (χ2v) is 3.97. The highest BCUT2D eigenvalue weighted by molar-refractivity contribution is 5.87. The third-order valence-corrected chi connectivity index (χ3v) is 2.83. The van der Waals surface area contributed by atoms with E-state index in [2.05, 4.69) is 10.2 Å². The average molecular weight is 264 g/mol. The van der Waals surface area contributed by atoms with Crippen molar-refractivity contribution in [2.75, 3.05) is 7.11 Å². The van der Waals surface area contributed by atoms with Gasteiger partial charge in [0.1, 0.15) is 17.3 Å². The van der Waals surface area contributed by atoms with Gasteiger partial charge in [0.25, 0.3) is 0 Å². The average Bonchev–Trinajstić information content (AvgIpc) is 2.88. The third-order valence-electron chi connectivity index (χ3n) is 2.83. The molecule has 6 heteroatoms. The van der Waals surface area contributed by atoms with Gasteiger partial charge in [-0.3, -0.25) is 5.10 Å². The molecular weight excluding hydrogens is 251 g/mol. The normalized spacial score (nSPS) is 10.5. The number of carboxylic acid groups (broad SMARTS) is 1. The number of methoxy groups -OCH3 is 1. The number of benzene rings is 1. The minimum absolute atomic E-state index is 0.0283. The number of halogens is 1. The van der Waals surface area contributed by atoms with Crippen LogP contribution in [0.15, 0.2) is 18.2 Å². The maximum absolute atomic E-state index is 13.7. The predicted molar refractivity (Wildman–Crippen MR) is 66.9 cm³/mol. The molecule has 0 saturated carbocycles. The molecule has 0 aliphatic heterocycles. The van der Waals surface area contributed by atoms with E-state index in [1.807, 2.05) is 6.92 Å². The Morgan fingerprint density at radius 3 is 2.74 bits per heavy atom. The fourth-order valence-electron chi connectivity index (χ4n) is 1.81. The van der Waals surface area contributed by atoms with Gasteiger partial charge in [0.05, 0.1) is 12.8 Å². The van der Waals surface area contributed by atoms with Crippen LogP contribution in [0.4, 0.5) is 4.39 Å². The number of ether oxygens (including phenoxy) is 1. The van der Waals surface area contributed by atoms with E-state index in [4.69, 9.17) is 9.84 Å². The number of aromatic amines is 1. The van der Waals surface area contributed by atoms with E-state index in [1.165, 1.54) is 19.2 Å². The highest BCUT2D eigenvalue weighted by Gasteiger charge is 2.15. The minimum Gasteiger partial charge on any atom is -0.496 e. The van der Waals surface area contributed by atoms with Gasteiger partial charge in [0.15, 0.2) is 0 Å². The van der Waals surface area contributed by atoms with Gasteiger partial charge in [-0.15, -0.1) is 0 Å². The minimum atomic E-state index is -1.10. The van der Waals surface area contributed by atoms with Gasteiger partial charge in [-0.1, -0.05) is 6.92 Å². The number of aromatic nitrogens is 2. The first kappa shape index (κ1) is 13.1. The zero-order valence-corrected chi connectivity index (χ0v) is 10.5. The molecule has 2 rings (SSSR count). The summed E-state index contributed by atoms with van der Waals surface area (Å²) in [5, 5.41) is 15.2. The van der Waals surface area contributed by atoms with E-state index in [0.29, 0.717) is 29.0 Å². The molecule has 5 nitrogen and oxygen atoms in total. The largest absolute Gasteiger partial charge is 0.496 e. The van der Waals surface area contributed by atoms with E-state index in [-0.39, 0.29) is 11.5 Å². The van der Waals surface area contributed by atoms with E-state index < -0.39 is 5.97 Å². The lowest BCUT2D eigenvalue weighted by Gasteiger charge is -2.09. The van der Waals surface area contributed by atoms with E-state index >= 15 is 0 Å². The Morgan fingerprint density at radius 1 is 1.47 bits per heavy atom. The number of nitrogens with zero attached hydrogens (tertiary/aromatic N) is 1. The number of rotatable bonds is 4. The number of nitrogens with one attached hydrogen (secondary N) is 1. The first-order chi connectivity index (χ1) is 9.06. The fourth-order valence-corrected chi connectivity index (χ4v) is 1.81. The molecule has 0 radical (unpaired) electrons. The molecule has 2 N–H and O–H groups in total. The van der Waals surface area contributed by atoms with E-state index in [0.717, 1.165) is 0 Å². The molecule has 1 heterocycles. The van der Waals surface area contributed by atoms with Gasteiger partial charge in [-0.2, -0.15) is 5.10 Å². The van der Waals surface area contributed by atoms with Crippen molar-refractivity contribution in [3.8, 4) is 17.0 Å². The Kier molecular flexibility index (Phi) is 3.50. The number of hydrogen-bond donors (Lipinski definition) is 2. The number of aromatic carboxylic acids is 1. The molecule has 1 aromatic heterocycles. The van der Waals surface area contributed by atoms with Crippen molar-refractivity contribution >= 4 is 5.97 Å². The van der Waals surface area contributed by atoms with Crippen molar-refractivity contribution in [1.82, 2.24) is 10.2 Å². The summed E-state index contributed by atoms with van der Waals surface area (Å²) in [5.74, 6) is -1.13. The standard InChI is InChI=1S/C13H13FN2O3/c1-3-7-4-8(12(19-2)5-9(7)14)10-6-11(13(17)18)16-15-10/h4-6H,3H2,1-2H3,(H,15,16)(H,17,18). The lowest BCUT2D eigenvalue weighted by Crippen LogP contribution is -1.95.